The number of Topliss-reactive ketones (excluding diaryl/α,β-unsaturated/α-hetero) is 1. The second-order valence-corrected chi connectivity index (χ2v) is 4.92. The monoisotopic (exact) mass is 292 g/mol. The van der Waals surface area contributed by atoms with Crippen LogP contribution in [0.4, 0.5) is 0 Å². The van der Waals surface area contributed by atoms with Gasteiger partial charge in [0.05, 0.1) is 11.4 Å². The number of rotatable bonds is 2. The van der Waals surface area contributed by atoms with Crippen LogP contribution >= 0.6 is 15.9 Å². The average Bonchev–Trinajstić information content (AvgIpc) is 2.57. The normalized spacial score (nSPS) is 10.6. The van der Waals surface area contributed by atoms with Crippen LogP contribution in [0.2, 0.25) is 0 Å². The van der Waals surface area contributed by atoms with Gasteiger partial charge in [-0.2, -0.15) is 5.10 Å². The first-order valence-corrected chi connectivity index (χ1v) is 6.12. The first-order chi connectivity index (χ1) is 7.99. The second kappa shape index (κ2) is 4.45. The molecule has 0 aliphatic rings. The summed E-state index contributed by atoms with van der Waals surface area (Å²) in [5.74, 6) is 0.0608. The number of hydrogen-bond donors (Lipinski definition) is 0. The van der Waals surface area contributed by atoms with Crippen LogP contribution in [0.1, 0.15) is 28.7 Å². The summed E-state index contributed by atoms with van der Waals surface area (Å²) in [5.41, 5.74) is 3.69. The highest BCUT2D eigenvalue weighted by Gasteiger charge is 2.09. The number of hydrogen-bond acceptors (Lipinski definition) is 2. The van der Waals surface area contributed by atoms with Gasteiger partial charge >= 0.3 is 0 Å². The smallest absolute Gasteiger partial charge is 0.159 e. The lowest BCUT2D eigenvalue weighted by Crippen LogP contribution is -2.01. The van der Waals surface area contributed by atoms with Gasteiger partial charge in [-0.25, -0.2) is 4.68 Å². The standard InChI is InChI=1S/C13H13BrN2O/c1-8-6-9(2)16(15-8)13-5-4-11(10(3)17)7-12(13)14/h4-7H,1-3H3. The number of ketones is 1. The summed E-state index contributed by atoms with van der Waals surface area (Å²) >= 11 is 3.48. The number of halogens is 1. The lowest BCUT2D eigenvalue weighted by atomic mass is 10.1. The molecule has 0 saturated carbocycles. The molecule has 0 radical (unpaired) electrons. The van der Waals surface area contributed by atoms with Crippen molar-refractivity contribution >= 4 is 21.7 Å². The molecule has 3 nitrogen and oxygen atoms in total. The summed E-state index contributed by atoms with van der Waals surface area (Å²) in [6.07, 6.45) is 0. The van der Waals surface area contributed by atoms with Crippen molar-refractivity contribution in [3.63, 3.8) is 0 Å². The quantitative estimate of drug-likeness (QED) is 0.795. The molecule has 0 saturated heterocycles. The van der Waals surface area contributed by atoms with Crippen LogP contribution in [0.15, 0.2) is 28.7 Å². The molecule has 1 aromatic heterocycles. The molecular weight excluding hydrogens is 280 g/mol. The number of nitrogens with zero attached hydrogens (tertiary/aromatic N) is 2. The molecule has 0 aliphatic heterocycles. The fourth-order valence-electron chi connectivity index (χ4n) is 1.77. The molecule has 0 unspecified atom stereocenters. The molecule has 0 spiro atoms. The molecule has 17 heavy (non-hydrogen) atoms. The topological polar surface area (TPSA) is 34.9 Å². The molecule has 4 heteroatoms. The number of carbonyl (C=O) groups is 1. The molecule has 1 aromatic carbocycles. The van der Waals surface area contributed by atoms with Crippen LogP contribution in [-0.4, -0.2) is 15.6 Å². The Morgan fingerprint density at radius 2 is 2.00 bits per heavy atom. The Morgan fingerprint density at radius 3 is 2.47 bits per heavy atom. The van der Waals surface area contributed by atoms with E-state index in [1.165, 1.54) is 0 Å². The van der Waals surface area contributed by atoms with Gasteiger partial charge in [-0.15, -0.1) is 0 Å². The third-order valence-corrected chi connectivity index (χ3v) is 3.23. The van der Waals surface area contributed by atoms with Crippen molar-refractivity contribution in [2.24, 2.45) is 0 Å². The van der Waals surface area contributed by atoms with E-state index in [-0.39, 0.29) is 5.78 Å². The van der Waals surface area contributed by atoms with Crippen LogP contribution in [-0.2, 0) is 0 Å². The van der Waals surface area contributed by atoms with E-state index >= 15 is 0 Å². The van der Waals surface area contributed by atoms with Gasteiger partial charge in [0.2, 0.25) is 0 Å². The first kappa shape index (κ1) is 12.0. The third-order valence-electron chi connectivity index (χ3n) is 2.59. The highest BCUT2D eigenvalue weighted by atomic mass is 79.9. The van der Waals surface area contributed by atoms with Crippen molar-refractivity contribution in [3.05, 3.63) is 45.7 Å². The summed E-state index contributed by atoms with van der Waals surface area (Å²) in [7, 11) is 0. The summed E-state index contributed by atoms with van der Waals surface area (Å²) in [6, 6.07) is 7.57. The molecule has 2 aromatic rings. The lowest BCUT2D eigenvalue weighted by Gasteiger charge is -2.08. The summed E-state index contributed by atoms with van der Waals surface area (Å²) < 4.78 is 2.74. The van der Waals surface area contributed by atoms with E-state index < -0.39 is 0 Å². The van der Waals surface area contributed by atoms with Crippen molar-refractivity contribution in [2.75, 3.05) is 0 Å². The Morgan fingerprint density at radius 1 is 1.29 bits per heavy atom. The average molecular weight is 293 g/mol. The fourth-order valence-corrected chi connectivity index (χ4v) is 2.32. The van der Waals surface area contributed by atoms with Crippen molar-refractivity contribution in [1.29, 1.82) is 0 Å². The van der Waals surface area contributed by atoms with Gasteiger partial charge in [-0.3, -0.25) is 4.79 Å². The maximum Gasteiger partial charge on any atom is 0.159 e. The Kier molecular flexibility index (Phi) is 3.15. The molecule has 0 N–H and O–H groups in total. The van der Waals surface area contributed by atoms with Crippen LogP contribution < -0.4 is 0 Å². The summed E-state index contributed by atoms with van der Waals surface area (Å²) in [4.78, 5) is 11.3. The highest BCUT2D eigenvalue weighted by Crippen LogP contribution is 2.23. The van der Waals surface area contributed by atoms with E-state index in [2.05, 4.69) is 21.0 Å². The van der Waals surface area contributed by atoms with E-state index in [0.717, 1.165) is 21.5 Å². The van der Waals surface area contributed by atoms with E-state index in [4.69, 9.17) is 0 Å². The predicted octanol–water partition coefficient (Wildman–Crippen LogP) is 3.45. The van der Waals surface area contributed by atoms with Gasteiger partial charge in [0, 0.05) is 15.7 Å². The molecule has 0 amide bonds. The van der Waals surface area contributed by atoms with Crippen molar-refractivity contribution in [3.8, 4) is 5.69 Å². The molecule has 0 bridgehead atoms. The van der Waals surface area contributed by atoms with Gasteiger partial charge in [0.25, 0.3) is 0 Å². The maximum absolute atomic E-state index is 11.3. The minimum absolute atomic E-state index is 0.0608. The minimum atomic E-state index is 0.0608. The zero-order chi connectivity index (χ0) is 12.6. The Bertz CT molecular complexity index is 587. The predicted molar refractivity (Wildman–Crippen MR) is 70.7 cm³/mol. The van der Waals surface area contributed by atoms with Crippen molar-refractivity contribution < 1.29 is 4.79 Å². The third kappa shape index (κ3) is 2.31. The van der Waals surface area contributed by atoms with Crippen molar-refractivity contribution in [1.82, 2.24) is 9.78 Å². The Balaban J connectivity index is 2.54. The molecule has 0 atom stereocenters. The van der Waals surface area contributed by atoms with E-state index in [9.17, 15) is 4.79 Å². The summed E-state index contributed by atoms with van der Waals surface area (Å²) in [5, 5.41) is 4.42. The first-order valence-electron chi connectivity index (χ1n) is 5.33. The lowest BCUT2D eigenvalue weighted by molar-refractivity contribution is 0.101. The zero-order valence-corrected chi connectivity index (χ0v) is 11.6. The molecular formula is C13H13BrN2O. The number of benzene rings is 1. The minimum Gasteiger partial charge on any atom is -0.295 e. The van der Waals surface area contributed by atoms with Crippen LogP contribution in [0, 0.1) is 13.8 Å². The van der Waals surface area contributed by atoms with Gasteiger partial charge in [0.1, 0.15) is 0 Å². The molecule has 1 heterocycles. The molecule has 0 aliphatic carbocycles. The number of aryl methyl sites for hydroxylation is 2. The van der Waals surface area contributed by atoms with Gasteiger partial charge in [-0.1, -0.05) is 0 Å². The van der Waals surface area contributed by atoms with Crippen molar-refractivity contribution in [2.45, 2.75) is 20.8 Å². The van der Waals surface area contributed by atoms with Crippen LogP contribution in [0.3, 0.4) is 0 Å². The Hall–Kier alpha value is -1.42. The van der Waals surface area contributed by atoms with E-state index in [1.807, 2.05) is 42.8 Å². The van der Waals surface area contributed by atoms with Gasteiger partial charge < -0.3 is 0 Å². The second-order valence-electron chi connectivity index (χ2n) is 4.06. The fraction of sp³-hybridized carbons (Fsp3) is 0.231. The van der Waals surface area contributed by atoms with E-state index in [1.54, 1.807) is 6.92 Å². The van der Waals surface area contributed by atoms with Crippen LogP contribution in [0.25, 0.3) is 5.69 Å². The zero-order valence-electron chi connectivity index (χ0n) is 9.99. The number of aromatic nitrogens is 2. The highest BCUT2D eigenvalue weighted by molar-refractivity contribution is 9.10. The Labute approximate surface area is 109 Å². The number of carbonyl (C=O) groups excluding carboxylic acids is 1. The molecule has 2 rings (SSSR count). The van der Waals surface area contributed by atoms with E-state index in [0.29, 0.717) is 5.56 Å². The summed E-state index contributed by atoms with van der Waals surface area (Å²) in [6.45, 7) is 5.53. The maximum atomic E-state index is 11.3. The molecule has 88 valence electrons. The SMILES string of the molecule is CC(=O)c1ccc(-n2nc(C)cc2C)c(Br)c1. The molecule has 0 fully saturated rings. The van der Waals surface area contributed by atoms with Gasteiger partial charge in [-0.05, 0) is 61.0 Å². The van der Waals surface area contributed by atoms with Gasteiger partial charge in [0.15, 0.2) is 5.78 Å². The largest absolute Gasteiger partial charge is 0.295 e. The van der Waals surface area contributed by atoms with Crippen LogP contribution in [0.5, 0.6) is 0 Å².